The fraction of sp³-hybridized carbons (Fsp3) is 0.444. The van der Waals surface area contributed by atoms with Gasteiger partial charge in [0.15, 0.2) is 0 Å². The minimum absolute atomic E-state index is 0.280. The molecule has 3 nitrogen and oxygen atoms in total. The molecule has 0 amide bonds. The Morgan fingerprint density at radius 3 is 2.67 bits per heavy atom. The molecule has 0 saturated heterocycles. The van der Waals surface area contributed by atoms with Crippen LogP contribution in [0.1, 0.15) is 23.1 Å². The molecule has 1 aromatic heterocycles. The number of aryl methyl sites for hydroxylation is 1. The third kappa shape index (κ3) is 1.35. The lowest BCUT2D eigenvalue weighted by Crippen LogP contribution is -2.08. The summed E-state index contributed by atoms with van der Waals surface area (Å²) in [6.07, 6.45) is 0.924. The van der Waals surface area contributed by atoms with Crippen LogP contribution in [0.2, 0.25) is 0 Å². The third-order valence-corrected chi connectivity index (χ3v) is 1.98. The zero-order chi connectivity index (χ0) is 9.14. The monoisotopic (exact) mass is 167 g/mol. The average molecular weight is 167 g/mol. The van der Waals surface area contributed by atoms with Gasteiger partial charge in [-0.25, -0.2) is 4.79 Å². The molecule has 0 radical (unpaired) electrons. The van der Waals surface area contributed by atoms with Crippen molar-refractivity contribution in [1.29, 1.82) is 0 Å². The van der Waals surface area contributed by atoms with Crippen molar-refractivity contribution in [2.24, 2.45) is 7.05 Å². The number of nitrogens with zero attached hydrogens (tertiary/aromatic N) is 1. The van der Waals surface area contributed by atoms with Gasteiger partial charge in [0, 0.05) is 12.7 Å². The van der Waals surface area contributed by atoms with Crippen LogP contribution in [0.3, 0.4) is 0 Å². The fourth-order valence-corrected chi connectivity index (χ4v) is 1.22. The van der Waals surface area contributed by atoms with E-state index in [0.717, 1.165) is 12.1 Å². The Hall–Kier alpha value is -1.25. The number of rotatable bonds is 2. The first-order valence-electron chi connectivity index (χ1n) is 3.93. The van der Waals surface area contributed by atoms with Gasteiger partial charge in [0.1, 0.15) is 5.69 Å². The molecule has 0 aliphatic carbocycles. The molecule has 0 aliphatic rings. The van der Waals surface area contributed by atoms with E-state index in [-0.39, 0.29) is 5.97 Å². The Morgan fingerprint density at radius 1 is 1.58 bits per heavy atom. The second-order valence-electron chi connectivity index (χ2n) is 2.61. The Morgan fingerprint density at radius 2 is 2.25 bits per heavy atom. The second-order valence-corrected chi connectivity index (χ2v) is 2.61. The number of carbonyl (C=O) groups is 1. The first kappa shape index (κ1) is 8.84. The van der Waals surface area contributed by atoms with Crippen molar-refractivity contribution in [2.75, 3.05) is 7.11 Å². The first-order chi connectivity index (χ1) is 5.70. The SMILES string of the molecule is CCc1ccc(C(=O)OC)n1C. The number of carbonyl (C=O) groups excluding carboxylic acids is 1. The molecular weight excluding hydrogens is 154 g/mol. The topological polar surface area (TPSA) is 31.2 Å². The van der Waals surface area contributed by atoms with Crippen LogP contribution < -0.4 is 0 Å². The highest BCUT2D eigenvalue weighted by Gasteiger charge is 2.10. The van der Waals surface area contributed by atoms with E-state index in [2.05, 4.69) is 11.7 Å². The molecular formula is C9H13NO2. The molecule has 0 spiro atoms. The molecule has 0 aliphatic heterocycles. The van der Waals surface area contributed by atoms with Crippen LogP contribution in [-0.2, 0) is 18.2 Å². The van der Waals surface area contributed by atoms with Gasteiger partial charge < -0.3 is 9.30 Å². The summed E-state index contributed by atoms with van der Waals surface area (Å²) in [7, 11) is 3.26. The molecule has 1 rings (SSSR count). The second kappa shape index (κ2) is 3.43. The van der Waals surface area contributed by atoms with Crippen molar-refractivity contribution in [1.82, 2.24) is 4.57 Å². The smallest absolute Gasteiger partial charge is 0.354 e. The number of hydrogen-bond acceptors (Lipinski definition) is 2. The molecule has 0 unspecified atom stereocenters. The number of hydrogen-bond donors (Lipinski definition) is 0. The summed E-state index contributed by atoms with van der Waals surface area (Å²) in [6.45, 7) is 2.05. The molecule has 3 heteroatoms. The molecule has 66 valence electrons. The van der Waals surface area contributed by atoms with E-state index in [4.69, 9.17) is 0 Å². The van der Waals surface area contributed by atoms with Crippen LogP contribution >= 0.6 is 0 Å². The van der Waals surface area contributed by atoms with E-state index in [9.17, 15) is 4.79 Å². The highest BCUT2D eigenvalue weighted by atomic mass is 16.5. The summed E-state index contributed by atoms with van der Waals surface area (Å²) in [4.78, 5) is 11.1. The van der Waals surface area contributed by atoms with Crippen LogP contribution in [0.15, 0.2) is 12.1 Å². The highest BCUT2D eigenvalue weighted by molar-refractivity contribution is 5.87. The third-order valence-electron chi connectivity index (χ3n) is 1.98. The van der Waals surface area contributed by atoms with Crippen LogP contribution in [0, 0.1) is 0 Å². The van der Waals surface area contributed by atoms with E-state index in [1.807, 2.05) is 17.7 Å². The van der Waals surface area contributed by atoms with Gasteiger partial charge in [0.05, 0.1) is 7.11 Å². The summed E-state index contributed by atoms with van der Waals surface area (Å²) in [5.74, 6) is -0.280. The largest absolute Gasteiger partial charge is 0.464 e. The van der Waals surface area contributed by atoms with Gasteiger partial charge in [-0.3, -0.25) is 0 Å². The summed E-state index contributed by atoms with van der Waals surface area (Å²) in [5, 5.41) is 0. The standard InChI is InChI=1S/C9H13NO2/c1-4-7-5-6-8(10(7)2)9(11)12-3/h5-6H,4H2,1-3H3. The predicted molar refractivity (Wildman–Crippen MR) is 46.1 cm³/mol. The Labute approximate surface area is 72.0 Å². The van der Waals surface area contributed by atoms with Gasteiger partial charge in [-0.15, -0.1) is 0 Å². The molecule has 1 heterocycles. The van der Waals surface area contributed by atoms with Gasteiger partial charge >= 0.3 is 5.97 Å². The lowest BCUT2D eigenvalue weighted by Gasteiger charge is -2.03. The van der Waals surface area contributed by atoms with Crippen molar-refractivity contribution in [3.63, 3.8) is 0 Å². The summed E-state index contributed by atoms with van der Waals surface area (Å²) in [6, 6.07) is 3.72. The summed E-state index contributed by atoms with van der Waals surface area (Å²) >= 11 is 0. The molecule has 1 aromatic rings. The fourth-order valence-electron chi connectivity index (χ4n) is 1.22. The maximum absolute atomic E-state index is 11.1. The van der Waals surface area contributed by atoms with E-state index in [1.54, 1.807) is 6.07 Å². The lowest BCUT2D eigenvalue weighted by molar-refractivity contribution is 0.0589. The van der Waals surface area contributed by atoms with Crippen LogP contribution in [0.4, 0.5) is 0 Å². The Balaban J connectivity index is 3.02. The van der Waals surface area contributed by atoms with Crippen LogP contribution in [-0.4, -0.2) is 17.6 Å². The number of esters is 1. The van der Waals surface area contributed by atoms with Crippen molar-refractivity contribution < 1.29 is 9.53 Å². The maximum Gasteiger partial charge on any atom is 0.354 e. The van der Waals surface area contributed by atoms with Gasteiger partial charge in [-0.2, -0.15) is 0 Å². The first-order valence-corrected chi connectivity index (χ1v) is 3.93. The van der Waals surface area contributed by atoms with Gasteiger partial charge in [-0.1, -0.05) is 6.92 Å². The Kier molecular flexibility index (Phi) is 2.53. The quantitative estimate of drug-likeness (QED) is 0.623. The van der Waals surface area contributed by atoms with Crippen molar-refractivity contribution in [3.8, 4) is 0 Å². The Bertz CT molecular complexity index is 289. The maximum atomic E-state index is 11.1. The molecule has 0 fully saturated rings. The highest BCUT2D eigenvalue weighted by Crippen LogP contribution is 2.08. The molecule has 12 heavy (non-hydrogen) atoms. The summed E-state index contributed by atoms with van der Waals surface area (Å²) in [5.41, 5.74) is 1.74. The average Bonchev–Trinajstić information content (AvgIpc) is 2.45. The molecule has 0 N–H and O–H groups in total. The van der Waals surface area contributed by atoms with Crippen molar-refractivity contribution in [3.05, 3.63) is 23.5 Å². The van der Waals surface area contributed by atoms with E-state index >= 15 is 0 Å². The van der Waals surface area contributed by atoms with Gasteiger partial charge in [0.25, 0.3) is 0 Å². The molecule has 0 aromatic carbocycles. The van der Waals surface area contributed by atoms with Crippen molar-refractivity contribution in [2.45, 2.75) is 13.3 Å². The van der Waals surface area contributed by atoms with Crippen molar-refractivity contribution >= 4 is 5.97 Å². The van der Waals surface area contributed by atoms with E-state index < -0.39 is 0 Å². The summed E-state index contributed by atoms with van der Waals surface area (Å²) < 4.78 is 6.47. The van der Waals surface area contributed by atoms with Crippen LogP contribution in [0.5, 0.6) is 0 Å². The predicted octanol–water partition coefficient (Wildman–Crippen LogP) is 1.37. The minimum Gasteiger partial charge on any atom is -0.464 e. The van der Waals surface area contributed by atoms with E-state index in [1.165, 1.54) is 7.11 Å². The number of methoxy groups -OCH3 is 1. The van der Waals surface area contributed by atoms with Gasteiger partial charge in [-0.05, 0) is 18.6 Å². The lowest BCUT2D eigenvalue weighted by atomic mass is 10.3. The zero-order valence-electron chi connectivity index (χ0n) is 7.63. The van der Waals surface area contributed by atoms with Gasteiger partial charge in [0.2, 0.25) is 0 Å². The zero-order valence-corrected chi connectivity index (χ0v) is 7.63. The normalized spacial score (nSPS) is 9.92. The molecule has 0 bridgehead atoms. The number of ether oxygens (including phenoxy) is 1. The van der Waals surface area contributed by atoms with Crippen LogP contribution in [0.25, 0.3) is 0 Å². The molecule has 0 atom stereocenters. The number of aromatic nitrogens is 1. The molecule has 0 saturated carbocycles. The van der Waals surface area contributed by atoms with E-state index in [0.29, 0.717) is 5.69 Å². The minimum atomic E-state index is -0.280.